The Balaban J connectivity index is 2.34. The molecule has 1 heterocycles. The third kappa shape index (κ3) is 2.32. The molecule has 0 aliphatic rings. The van der Waals surface area contributed by atoms with E-state index in [4.69, 9.17) is 5.26 Å². The maximum absolute atomic E-state index is 8.86. The maximum Gasteiger partial charge on any atom is 0.0991 e. The van der Waals surface area contributed by atoms with E-state index >= 15 is 0 Å². The van der Waals surface area contributed by atoms with Gasteiger partial charge in [-0.3, -0.25) is 0 Å². The SMILES string of the molecule is CC(Cn1ccc2cc(C#N)ccc21)N(C)C. The molecular formula is C14H17N3. The van der Waals surface area contributed by atoms with Gasteiger partial charge in [0.15, 0.2) is 0 Å². The van der Waals surface area contributed by atoms with Gasteiger partial charge in [-0.1, -0.05) is 0 Å². The highest BCUT2D eigenvalue weighted by Gasteiger charge is 2.08. The van der Waals surface area contributed by atoms with Crippen molar-refractivity contribution in [1.29, 1.82) is 5.26 Å². The van der Waals surface area contributed by atoms with E-state index in [1.807, 2.05) is 18.2 Å². The summed E-state index contributed by atoms with van der Waals surface area (Å²) in [6, 6.07) is 10.6. The van der Waals surface area contributed by atoms with E-state index in [1.165, 1.54) is 5.52 Å². The second-order valence-electron chi connectivity index (χ2n) is 4.67. The van der Waals surface area contributed by atoms with Crippen molar-refractivity contribution in [3.8, 4) is 6.07 Å². The molecule has 2 rings (SSSR count). The van der Waals surface area contributed by atoms with Crippen LogP contribution in [-0.2, 0) is 6.54 Å². The predicted octanol–water partition coefficient (Wildman–Crippen LogP) is 2.46. The molecule has 0 saturated carbocycles. The number of nitriles is 1. The highest BCUT2D eigenvalue weighted by atomic mass is 15.1. The molecule has 1 aromatic carbocycles. The minimum Gasteiger partial charge on any atom is -0.346 e. The van der Waals surface area contributed by atoms with Crippen LogP contribution in [0.1, 0.15) is 12.5 Å². The third-order valence-corrected chi connectivity index (χ3v) is 3.24. The lowest BCUT2D eigenvalue weighted by Gasteiger charge is -2.20. The van der Waals surface area contributed by atoms with Gasteiger partial charge in [0, 0.05) is 29.7 Å². The highest BCUT2D eigenvalue weighted by Crippen LogP contribution is 2.18. The second kappa shape index (κ2) is 4.60. The van der Waals surface area contributed by atoms with Crippen LogP contribution in [0.15, 0.2) is 30.5 Å². The number of aromatic nitrogens is 1. The van der Waals surface area contributed by atoms with Crippen molar-refractivity contribution in [2.75, 3.05) is 14.1 Å². The van der Waals surface area contributed by atoms with Crippen LogP contribution in [0.25, 0.3) is 10.9 Å². The van der Waals surface area contributed by atoms with Gasteiger partial charge in [-0.25, -0.2) is 0 Å². The van der Waals surface area contributed by atoms with Crippen molar-refractivity contribution < 1.29 is 0 Å². The Bertz CT molecular complexity index is 560. The van der Waals surface area contributed by atoms with Crippen LogP contribution in [0.3, 0.4) is 0 Å². The first-order valence-electron chi connectivity index (χ1n) is 5.77. The molecule has 17 heavy (non-hydrogen) atoms. The van der Waals surface area contributed by atoms with E-state index in [2.05, 4.69) is 48.8 Å². The number of benzene rings is 1. The predicted molar refractivity (Wildman–Crippen MR) is 69.8 cm³/mol. The topological polar surface area (TPSA) is 32.0 Å². The summed E-state index contributed by atoms with van der Waals surface area (Å²) >= 11 is 0. The minimum absolute atomic E-state index is 0.487. The summed E-state index contributed by atoms with van der Waals surface area (Å²) < 4.78 is 2.24. The Kier molecular flexibility index (Phi) is 3.16. The molecule has 0 spiro atoms. The first-order valence-corrected chi connectivity index (χ1v) is 5.77. The molecule has 0 bridgehead atoms. The number of hydrogen-bond acceptors (Lipinski definition) is 2. The molecule has 3 heteroatoms. The molecule has 0 N–H and O–H groups in total. The molecule has 0 aliphatic heterocycles. The van der Waals surface area contributed by atoms with Crippen LogP contribution < -0.4 is 0 Å². The molecule has 1 unspecified atom stereocenters. The fraction of sp³-hybridized carbons (Fsp3) is 0.357. The smallest absolute Gasteiger partial charge is 0.0991 e. The van der Waals surface area contributed by atoms with Gasteiger partial charge in [0.25, 0.3) is 0 Å². The fourth-order valence-electron chi connectivity index (χ4n) is 1.88. The zero-order valence-corrected chi connectivity index (χ0v) is 10.5. The Morgan fingerprint density at radius 3 is 2.76 bits per heavy atom. The van der Waals surface area contributed by atoms with Crippen molar-refractivity contribution in [2.45, 2.75) is 19.5 Å². The maximum atomic E-state index is 8.86. The Hall–Kier alpha value is -1.79. The average Bonchev–Trinajstić information content (AvgIpc) is 2.71. The summed E-state index contributed by atoms with van der Waals surface area (Å²) in [4.78, 5) is 2.20. The first-order chi connectivity index (χ1) is 8.11. The van der Waals surface area contributed by atoms with Crippen molar-refractivity contribution in [2.24, 2.45) is 0 Å². The summed E-state index contributed by atoms with van der Waals surface area (Å²) in [5.41, 5.74) is 1.91. The van der Waals surface area contributed by atoms with Crippen LogP contribution >= 0.6 is 0 Å². The Morgan fingerprint density at radius 1 is 1.35 bits per heavy atom. The van der Waals surface area contributed by atoms with Gasteiger partial charge >= 0.3 is 0 Å². The van der Waals surface area contributed by atoms with Gasteiger partial charge in [-0.15, -0.1) is 0 Å². The summed E-state index contributed by atoms with van der Waals surface area (Å²) in [5, 5.41) is 9.99. The molecule has 0 amide bonds. The van der Waals surface area contributed by atoms with Crippen LogP contribution in [0.4, 0.5) is 0 Å². The van der Waals surface area contributed by atoms with E-state index < -0.39 is 0 Å². The lowest BCUT2D eigenvalue weighted by molar-refractivity contribution is 0.286. The van der Waals surface area contributed by atoms with Crippen molar-refractivity contribution in [3.63, 3.8) is 0 Å². The van der Waals surface area contributed by atoms with Crippen molar-refractivity contribution >= 4 is 10.9 Å². The largest absolute Gasteiger partial charge is 0.346 e. The quantitative estimate of drug-likeness (QED) is 0.806. The van der Waals surface area contributed by atoms with Gasteiger partial charge in [-0.05, 0) is 45.3 Å². The van der Waals surface area contributed by atoms with Gasteiger partial charge in [0.2, 0.25) is 0 Å². The fourth-order valence-corrected chi connectivity index (χ4v) is 1.88. The average molecular weight is 227 g/mol. The Labute approximate surface area is 102 Å². The molecule has 0 aliphatic carbocycles. The van der Waals surface area contributed by atoms with Crippen LogP contribution in [-0.4, -0.2) is 29.6 Å². The summed E-state index contributed by atoms with van der Waals surface area (Å²) in [6.45, 7) is 3.16. The zero-order valence-electron chi connectivity index (χ0n) is 10.5. The molecule has 1 atom stereocenters. The lowest BCUT2D eigenvalue weighted by Crippen LogP contribution is -2.28. The number of rotatable bonds is 3. The van der Waals surface area contributed by atoms with E-state index in [-0.39, 0.29) is 0 Å². The standard InChI is InChI=1S/C14H17N3/c1-11(16(2)3)10-17-7-6-13-8-12(9-15)4-5-14(13)17/h4-8,11H,10H2,1-3H3. The van der Waals surface area contributed by atoms with Crippen LogP contribution in [0, 0.1) is 11.3 Å². The molecule has 88 valence electrons. The van der Waals surface area contributed by atoms with Gasteiger partial charge < -0.3 is 9.47 Å². The molecule has 3 nitrogen and oxygen atoms in total. The van der Waals surface area contributed by atoms with Crippen LogP contribution in [0.5, 0.6) is 0 Å². The normalized spacial score (nSPS) is 12.9. The number of nitrogens with zero attached hydrogens (tertiary/aromatic N) is 3. The molecule has 0 saturated heterocycles. The van der Waals surface area contributed by atoms with Crippen molar-refractivity contribution in [3.05, 3.63) is 36.0 Å². The monoisotopic (exact) mass is 227 g/mol. The van der Waals surface area contributed by atoms with E-state index in [0.29, 0.717) is 6.04 Å². The van der Waals surface area contributed by atoms with Crippen LogP contribution in [0.2, 0.25) is 0 Å². The molecule has 0 radical (unpaired) electrons. The molecule has 1 aromatic heterocycles. The van der Waals surface area contributed by atoms with Gasteiger partial charge in [0.1, 0.15) is 0 Å². The third-order valence-electron chi connectivity index (χ3n) is 3.24. The summed E-state index contributed by atoms with van der Waals surface area (Å²) in [6.07, 6.45) is 2.09. The van der Waals surface area contributed by atoms with E-state index in [1.54, 1.807) is 0 Å². The summed E-state index contributed by atoms with van der Waals surface area (Å²) in [5.74, 6) is 0. The molecular weight excluding hydrogens is 210 g/mol. The zero-order chi connectivity index (χ0) is 12.4. The lowest BCUT2D eigenvalue weighted by atomic mass is 10.2. The highest BCUT2D eigenvalue weighted by molar-refractivity contribution is 5.81. The van der Waals surface area contributed by atoms with E-state index in [9.17, 15) is 0 Å². The van der Waals surface area contributed by atoms with Crippen molar-refractivity contribution in [1.82, 2.24) is 9.47 Å². The molecule has 2 aromatic rings. The van der Waals surface area contributed by atoms with E-state index in [0.717, 1.165) is 17.5 Å². The summed E-state index contributed by atoms with van der Waals surface area (Å²) in [7, 11) is 4.17. The number of hydrogen-bond donors (Lipinski definition) is 0. The first kappa shape index (κ1) is 11.7. The number of likely N-dealkylation sites (N-methyl/N-ethyl adjacent to an activating group) is 1. The minimum atomic E-state index is 0.487. The van der Waals surface area contributed by atoms with Gasteiger partial charge in [0.05, 0.1) is 11.6 Å². The number of fused-ring (bicyclic) bond motifs is 1. The van der Waals surface area contributed by atoms with Gasteiger partial charge in [-0.2, -0.15) is 5.26 Å². The Morgan fingerprint density at radius 2 is 2.12 bits per heavy atom. The molecule has 0 fully saturated rings. The second-order valence-corrected chi connectivity index (χ2v) is 4.67.